The van der Waals surface area contributed by atoms with Gasteiger partial charge in [0.25, 0.3) is 5.56 Å². The van der Waals surface area contributed by atoms with E-state index in [-0.39, 0.29) is 5.56 Å². The van der Waals surface area contributed by atoms with Gasteiger partial charge in [0, 0.05) is 55.0 Å². The molecule has 4 rings (SSSR count). The Morgan fingerprint density at radius 1 is 1.45 bits per heavy atom. The van der Waals surface area contributed by atoms with Crippen molar-refractivity contribution >= 4 is 16.3 Å². The average Bonchev–Trinajstić information content (AvgIpc) is 3.13. The summed E-state index contributed by atoms with van der Waals surface area (Å²) >= 11 is 1.49. The van der Waals surface area contributed by atoms with Crippen LogP contribution in [0.25, 0.3) is 4.96 Å². The van der Waals surface area contributed by atoms with E-state index in [0.29, 0.717) is 6.54 Å². The first-order valence-electron chi connectivity index (χ1n) is 7.47. The van der Waals surface area contributed by atoms with Crippen molar-refractivity contribution in [1.82, 2.24) is 24.5 Å². The Balaban J connectivity index is 1.59. The Morgan fingerprint density at radius 3 is 3.23 bits per heavy atom. The fourth-order valence-corrected chi connectivity index (χ4v) is 3.77. The molecule has 3 aromatic rings. The third-order valence-electron chi connectivity index (χ3n) is 4.17. The second kappa shape index (κ2) is 5.33. The van der Waals surface area contributed by atoms with Gasteiger partial charge in [0.1, 0.15) is 0 Å². The van der Waals surface area contributed by atoms with Gasteiger partial charge >= 0.3 is 0 Å². The van der Waals surface area contributed by atoms with Crippen molar-refractivity contribution in [3.05, 3.63) is 50.6 Å². The highest BCUT2D eigenvalue weighted by molar-refractivity contribution is 7.15. The molecule has 1 aliphatic rings. The SMILES string of the molecule is CCc1n[nH]c2c1CN(Cc1cc(=O)n3ccsc3n1)CC2. The van der Waals surface area contributed by atoms with Gasteiger partial charge in [-0.15, -0.1) is 11.3 Å². The number of aryl methyl sites for hydroxylation is 1. The summed E-state index contributed by atoms with van der Waals surface area (Å²) in [5.74, 6) is 0. The van der Waals surface area contributed by atoms with E-state index >= 15 is 0 Å². The van der Waals surface area contributed by atoms with Gasteiger partial charge in [0.2, 0.25) is 0 Å². The first kappa shape index (κ1) is 13.7. The van der Waals surface area contributed by atoms with Crippen molar-refractivity contribution in [1.29, 1.82) is 0 Å². The molecule has 1 N–H and O–H groups in total. The molecule has 0 saturated carbocycles. The topological polar surface area (TPSA) is 66.3 Å². The van der Waals surface area contributed by atoms with E-state index in [1.54, 1.807) is 16.7 Å². The van der Waals surface area contributed by atoms with Crippen LogP contribution in [0.4, 0.5) is 0 Å². The number of aromatic amines is 1. The lowest BCUT2D eigenvalue weighted by Gasteiger charge is -2.26. The largest absolute Gasteiger partial charge is 0.293 e. The lowest BCUT2D eigenvalue weighted by atomic mass is 10.0. The summed E-state index contributed by atoms with van der Waals surface area (Å²) in [5, 5.41) is 9.42. The smallest absolute Gasteiger partial charge is 0.258 e. The van der Waals surface area contributed by atoms with Crippen molar-refractivity contribution in [3.63, 3.8) is 0 Å². The van der Waals surface area contributed by atoms with Crippen molar-refractivity contribution in [2.75, 3.05) is 6.54 Å². The van der Waals surface area contributed by atoms with Crippen molar-refractivity contribution in [2.24, 2.45) is 0 Å². The van der Waals surface area contributed by atoms with Crippen LogP contribution in [0.15, 0.2) is 22.4 Å². The summed E-state index contributed by atoms with van der Waals surface area (Å²) < 4.78 is 1.59. The van der Waals surface area contributed by atoms with E-state index in [2.05, 4.69) is 27.0 Å². The monoisotopic (exact) mass is 315 g/mol. The molecule has 0 radical (unpaired) electrons. The first-order valence-corrected chi connectivity index (χ1v) is 8.35. The maximum Gasteiger partial charge on any atom is 0.258 e. The summed E-state index contributed by atoms with van der Waals surface area (Å²) in [6, 6.07) is 1.64. The van der Waals surface area contributed by atoms with Crippen LogP contribution in [0.5, 0.6) is 0 Å². The molecule has 0 fully saturated rings. The molecule has 0 aromatic carbocycles. The fraction of sp³-hybridized carbons (Fsp3) is 0.400. The molecule has 114 valence electrons. The van der Waals surface area contributed by atoms with Gasteiger partial charge in [-0.1, -0.05) is 6.92 Å². The molecule has 0 unspecified atom stereocenters. The molecule has 0 atom stereocenters. The zero-order valence-corrected chi connectivity index (χ0v) is 13.2. The predicted molar refractivity (Wildman–Crippen MR) is 85.1 cm³/mol. The maximum atomic E-state index is 12.1. The van der Waals surface area contributed by atoms with E-state index in [1.807, 2.05) is 5.38 Å². The average molecular weight is 315 g/mol. The summed E-state index contributed by atoms with van der Waals surface area (Å²) in [4.78, 5) is 19.7. The molecular formula is C15H17N5OS. The van der Waals surface area contributed by atoms with Crippen molar-refractivity contribution < 1.29 is 0 Å². The van der Waals surface area contributed by atoms with Crippen LogP contribution in [0.1, 0.15) is 29.6 Å². The molecule has 0 bridgehead atoms. The number of fused-ring (bicyclic) bond motifs is 2. The molecule has 22 heavy (non-hydrogen) atoms. The highest BCUT2D eigenvalue weighted by Crippen LogP contribution is 2.21. The molecular weight excluding hydrogens is 298 g/mol. The van der Waals surface area contributed by atoms with Gasteiger partial charge in [-0.25, -0.2) is 4.98 Å². The van der Waals surface area contributed by atoms with E-state index < -0.39 is 0 Å². The molecule has 3 aromatic heterocycles. The van der Waals surface area contributed by atoms with Gasteiger partial charge in [0.05, 0.1) is 11.4 Å². The van der Waals surface area contributed by atoms with Crippen molar-refractivity contribution in [2.45, 2.75) is 32.9 Å². The highest BCUT2D eigenvalue weighted by atomic mass is 32.1. The van der Waals surface area contributed by atoms with Gasteiger partial charge < -0.3 is 0 Å². The Bertz CT molecular complexity index is 864. The second-order valence-electron chi connectivity index (χ2n) is 5.58. The first-order chi connectivity index (χ1) is 10.7. The number of rotatable bonds is 3. The molecule has 6 nitrogen and oxygen atoms in total. The molecule has 0 amide bonds. The van der Waals surface area contributed by atoms with Crippen LogP contribution in [-0.2, 0) is 25.9 Å². The number of nitrogens with zero attached hydrogens (tertiary/aromatic N) is 4. The molecule has 7 heteroatoms. The maximum absolute atomic E-state index is 12.1. The van der Waals surface area contributed by atoms with Gasteiger partial charge in [0.15, 0.2) is 4.96 Å². The Morgan fingerprint density at radius 2 is 2.36 bits per heavy atom. The molecule has 0 saturated heterocycles. The lowest BCUT2D eigenvalue weighted by molar-refractivity contribution is 0.241. The highest BCUT2D eigenvalue weighted by Gasteiger charge is 2.21. The number of hydrogen-bond acceptors (Lipinski definition) is 5. The van der Waals surface area contributed by atoms with E-state index in [0.717, 1.165) is 42.3 Å². The number of nitrogens with one attached hydrogen (secondary N) is 1. The number of hydrogen-bond donors (Lipinski definition) is 1. The minimum Gasteiger partial charge on any atom is -0.293 e. The van der Waals surface area contributed by atoms with Crippen LogP contribution < -0.4 is 5.56 Å². The van der Waals surface area contributed by atoms with Crippen LogP contribution >= 0.6 is 11.3 Å². The van der Waals surface area contributed by atoms with Crippen LogP contribution in [0.2, 0.25) is 0 Å². The lowest BCUT2D eigenvalue weighted by Crippen LogP contribution is -2.31. The molecule has 4 heterocycles. The molecule has 0 spiro atoms. The van der Waals surface area contributed by atoms with Gasteiger partial charge in [-0.2, -0.15) is 5.10 Å². The van der Waals surface area contributed by atoms with E-state index in [9.17, 15) is 4.79 Å². The van der Waals surface area contributed by atoms with E-state index in [1.165, 1.54) is 22.6 Å². The zero-order valence-electron chi connectivity index (χ0n) is 12.4. The normalized spacial score (nSPS) is 15.3. The summed E-state index contributed by atoms with van der Waals surface area (Å²) in [6.45, 7) is 4.67. The second-order valence-corrected chi connectivity index (χ2v) is 6.46. The Labute approximate surface area is 131 Å². The van der Waals surface area contributed by atoms with Crippen molar-refractivity contribution in [3.8, 4) is 0 Å². The molecule has 1 aliphatic heterocycles. The quantitative estimate of drug-likeness (QED) is 0.797. The minimum atomic E-state index is -0.00323. The third-order valence-corrected chi connectivity index (χ3v) is 4.93. The summed E-state index contributed by atoms with van der Waals surface area (Å²) in [5.41, 5.74) is 4.58. The summed E-state index contributed by atoms with van der Waals surface area (Å²) in [6.07, 6.45) is 3.69. The third kappa shape index (κ3) is 2.26. The number of thiazole rings is 1. The van der Waals surface area contributed by atoms with Crippen LogP contribution in [-0.4, -0.2) is 31.0 Å². The minimum absolute atomic E-state index is 0.00323. The zero-order chi connectivity index (χ0) is 15.1. The predicted octanol–water partition coefficient (Wildman–Crippen LogP) is 1.60. The summed E-state index contributed by atoms with van der Waals surface area (Å²) in [7, 11) is 0. The Kier molecular flexibility index (Phi) is 3.31. The Hall–Kier alpha value is -1.99. The molecule has 0 aliphatic carbocycles. The number of H-pyrrole nitrogens is 1. The van der Waals surface area contributed by atoms with Crippen LogP contribution in [0, 0.1) is 0 Å². The fourth-order valence-electron chi connectivity index (χ4n) is 3.04. The standard InChI is InChI=1S/C15H17N5OS/c1-2-12-11-9-19(4-3-13(11)18-17-12)8-10-7-14(21)20-5-6-22-15(20)16-10/h5-7H,2-4,8-9H2,1H3,(H,17,18). The van der Waals surface area contributed by atoms with Gasteiger partial charge in [-0.05, 0) is 6.42 Å². The number of aromatic nitrogens is 4. The van der Waals surface area contributed by atoms with Crippen LogP contribution in [0.3, 0.4) is 0 Å². The van der Waals surface area contributed by atoms with Gasteiger partial charge in [-0.3, -0.25) is 19.2 Å². The van der Waals surface area contributed by atoms with E-state index in [4.69, 9.17) is 0 Å².